The van der Waals surface area contributed by atoms with E-state index in [1.165, 1.54) is 5.56 Å². The van der Waals surface area contributed by atoms with Crippen LogP contribution in [0.4, 0.5) is 0 Å². The zero-order chi connectivity index (χ0) is 24.5. The zero-order valence-electron chi connectivity index (χ0n) is 20.6. The Balaban J connectivity index is 1.60. The molecule has 0 aliphatic rings. The first-order valence-electron chi connectivity index (χ1n) is 11.5. The van der Waals surface area contributed by atoms with Crippen LogP contribution in [0, 0.1) is 6.92 Å². The molecule has 0 aliphatic heterocycles. The minimum Gasteiger partial charge on any atom is -0.354 e. The smallest absolute Gasteiger partial charge is 0.250 e. The summed E-state index contributed by atoms with van der Waals surface area (Å²) in [5.41, 5.74) is 5.81. The number of benzene rings is 1. The van der Waals surface area contributed by atoms with Gasteiger partial charge in [-0.25, -0.2) is 4.98 Å². The normalized spacial score (nSPS) is 11.9. The molecule has 0 unspecified atom stereocenters. The summed E-state index contributed by atoms with van der Waals surface area (Å²) >= 11 is 0. The summed E-state index contributed by atoms with van der Waals surface area (Å²) in [6.45, 7) is 13.1. The molecular formula is C27H31N5O2. The van der Waals surface area contributed by atoms with E-state index in [0.29, 0.717) is 17.1 Å². The molecule has 0 atom stereocenters. The molecule has 0 amide bonds. The highest BCUT2D eigenvalue weighted by Crippen LogP contribution is 2.28. The first kappa shape index (κ1) is 23.6. The molecule has 3 heterocycles. The first-order valence-corrected chi connectivity index (χ1v) is 11.5. The number of aromatic nitrogens is 4. The van der Waals surface area contributed by atoms with Gasteiger partial charge in [0.25, 0.3) is 5.56 Å². The molecule has 0 radical (unpaired) electrons. The topological polar surface area (TPSA) is 85.8 Å². The SMILES string of the molecule is Cc1ncc(-c2ccc(=O)n(C(C)C)c2)nc1-c1cc(-c2ccc(CNC(C)(C)C)cc2)no1. The molecule has 7 heteroatoms. The Morgan fingerprint density at radius 1 is 1.03 bits per heavy atom. The number of pyridine rings is 1. The van der Waals surface area contributed by atoms with Gasteiger partial charge in [0.2, 0.25) is 0 Å². The quantitative estimate of drug-likeness (QED) is 0.417. The maximum atomic E-state index is 12.1. The van der Waals surface area contributed by atoms with Crippen molar-refractivity contribution >= 4 is 0 Å². The van der Waals surface area contributed by atoms with Gasteiger partial charge < -0.3 is 14.4 Å². The van der Waals surface area contributed by atoms with Gasteiger partial charge in [0.1, 0.15) is 11.4 Å². The van der Waals surface area contributed by atoms with Gasteiger partial charge in [-0.3, -0.25) is 9.78 Å². The Morgan fingerprint density at radius 3 is 2.41 bits per heavy atom. The molecule has 0 fully saturated rings. The van der Waals surface area contributed by atoms with Crippen LogP contribution in [0.3, 0.4) is 0 Å². The molecule has 4 aromatic rings. The Morgan fingerprint density at radius 2 is 1.74 bits per heavy atom. The molecule has 34 heavy (non-hydrogen) atoms. The van der Waals surface area contributed by atoms with Crippen molar-refractivity contribution in [2.24, 2.45) is 0 Å². The number of hydrogen-bond donors (Lipinski definition) is 1. The van der Waals surface area contributed by atoms with Gasteiger partial charge in [-0.2, -0.15) is 0 Å². The summed E-state index contributed by atoms with van der Waals surface area (Å²) in [4.78, 5) is 21.4. The van der Waals surface area contributed by atoms with Crippen LogP contribution in [0.5, 0.6) is 0 Å². The van der Waals surface area contributed by atoms with Crippen molar-refractivity contribution in [2.45, 2.75) is 59.7 Å². The highest BCUT2D eigenvalue weighted by Gasteiger charge is 2.16. The fourth-order valence-corrected chi connectivity index (χ4v) is 3.56. The third-order valence-electron chi connectivity index (χ3n) is 5.56. The lowest BCUT2D eigenvalue weighted by Gasteiger charge is -2.20. The molecule has 0 saturated carbocycles. The fraction of sp³-hybridized carbons (Fsp3) is 0.333. The molecule has 0 saturated heterocycles. The van der Waals surface area contributed by atoms with Crippen LogP contribution in [0.15, 0.2) is 64.2 Å². The highest BCUT2D eigenvalue weighted by molar-refractivity contribution is 5.68. The van der Waals surface area contributed by atoms with Crippen LogP contribution in [-0.4, -0.2) is 25.2 Å². The molecule has 3 aromatic heterocycles. The van der Waals surface area contributed by atoms with Crippen molar-refractivity contribution in [3.8, 4) is 34.0 Å². The van der Waals surface area contributed by atoms with E-state index >= 15 is 0 Å². The van der Waals surface area contributed by atoms with E-state index in [9.17, 15) is 4.79 Å². The molecule has 0 bridgehead atoms. The monoisotopic (exact) mass is 457 g/mol. The van der Waals surface area contributed by atoms with Crippen molar-refractivity contribution in [1.82, 2.24) is 25.0 Å². The standard InChI is InChI=1S/C27H31N5O2/c1-17(2)32-16-21(11-12-25(32)33)23-15-28-18(3)26(30-23)24-13-22(31-34-24)20-9-7-19(8-10-20)14-29-27(4,5)6/h7-13,15-17,29H,14H2,1-6H3. The molecular weight excluding hydrogens is 426 g/mol. The summed E-state index contributed by atoms with van der Waals surface area (Å²) in [6.07, 6.45) is 3.53. The third-order valence-corrected chi connectivity index (χ3v) is 5.56. The number of nitrogens with zero attached hydrogens (tertiary/aromatic N) is 4. The number of hydrogen-bond acceptors (Lipinski definition) is 6. The average molecular weight is 458 g/mol. The maximum Gasteiger partial charge on any atom is 0.250 e. The molecule has 4 rings (SSSR count). The van der Waals surface area contributed by atoms with Gasteiger partial charge in [0.05, 0.1) is 17.6 Å². The Kier molecular flexibility index (Phi) is 6.48. The van der Waals surface area contributed by atoms with Crippen LogP contribution in [-0.2, 0) is 6.54 Å². The summed E-state index contributed by atoms with van der Waals surface area (Å²) in [5.74, 6) is 0.553. The molecule has 7 nitrogen and oxygen atoms in total. The number of rotatable bonds is 6. The van der Waals surface area contributed by atoms with Crippen molar-refractivity contribution in [2.75, 3.05) is 0 Å². The average Bonchev–Trinajstić information content (AvgIpc) is 3.28. The van der Waals surface area contributed by atoms with Crippen LogP contribution in [0.25, 0.3) is 34.0 Å². The molecule has 1 aromatic carbocycles. The predicted molar refractivity (Wildman–Crippen MR) is 134 cm³/mol. The second kappa shape index (κ2) is 9.35. The third kappa shape index (κ3) is 5.31. The number of aryl methyl sites for hydroxylation is 1. The van der Waals surface area contributed by atoms with Crippen molar-refractivity contribution < 1.29 is 4.52 Å². The van der Waals surface area contributed by atoms with Crippen LogP contribution in [0.2, 0.25) is 0 Å². The van der Waals surface area contributed by atoms with E-state index in [2.05, 4.69) is 48.4 Å². The van der Waals surface area contributed by atoms with Gasteiger partial charge in [-0.05, 0) is 53.2 Å². The van der Waals surface area contributed by atoms with E-state index in [4.69, 9.17) is 9.51 Å². The van der Waals surface area contributed by atoms with Crippen LogP contribution < -0.4 is 10.9 Å². The van der Waals surface area contributed by atoms with Gasteiger partial charge in [0, 0.05) is 47.6 Å². The second-order valence-corrected chi connectivity index (χ2v) is 9.82. The first-order chi connectivity index (χ1) is 16.1. The van der Waals surface area contributed by atoms with E-state index in [-0.39, 0.29) is 17.1 Å². The Labute approximate surface area is 199 Å². The lowest BCUT2D eigenvalue weighted by molar-refractivity contribution is 0.424. The highest BCUT2D eigenvalue weighted by atomic mass is 16.5. The van der Waals surface area contributed by atoms with E-state index in [0.717, 1.165) is 29.1 Å². The minimum absolute atomic E-state index is 0.0425. The Hall–Kier alpha value is -3.58. The van der Waals surface area contributed by atoms with E-state index < -0.39 is 0 Å². The summed E-state index contributed by atoms with van der Waals surface area (Å²) in [7, 11) is 0. The fourth-order valence-electron chi connectivity index (χ4n) is 3.56. The lowest BCUT2D eigenvalue weighted by Crippen LogP contribution is -2.35. The van der Waals surface area contributed by atoms with Gasteiger partial charge >= 0.3 is 0 Å². The lowest BCUT2D eigenvalue weighted by atomic mass is 10.1. The zero-order valence-corrected chi connectivity index (χ0v) is 20.6. The van der Waals surface area contributed by atoms with Gasteiger partial charge in [-0.15, -0.1) is 0 Å². The molecule has 1 N–H and O–H groups in total. The molecule has 0 spiro atoms. The Bertz CT molecular complexity index is 1340. The number of nitrogens with one attached hydrogen (secondary N) is 1. The van der Waals surface area contributed by atoms with E-state index in [1.54, 1.807) is 22.9 Å². The van der Waals surface area contributed by atoms with E-state index in [1.807, 2.05) is 45.2 Å². The minimum atomic E-state index is -0.0425. The van der Waals surface area contributed by atoms with Gasteiger partial charge in [0.15, 0.2) is 5.76 Å². The van der Waals surface area contributed by atoms with Crippen LogP contribution >= 0.6 is 0 Å². The second-order valence-electron chi connectivity index (χ2n) is 9.82. The predicted octanol–water partition coefficient (Wildman–Crippen LogP) is 5.40. The molecule has 176 valence electrons. The summed E-state index contributed by atoms with van der Waals surface area (Å²) < 4.78 is 7.34. The largest absolute Gasteiger partial charge is 0.354 e. The molecule has 0 aliphatic carbocycles. The summed E-state index contributed by atoms with van der Waals surface area (Å²) in [6, 6.07) is 13.6. The summed E-state index contributed by atoms with van der Waals surface area (Å²) in [5, 5.41) is 7.76. The van der Waals surface area contributed by atoms with Crippen molar-refractivity contribution in [1.29, 1.82) is 0 Å². The van der Waals surface area contributed by atoms with Crippen molar-refractivity contribution in [3.05, 3.63) is 76.5 Å². The van der Waals surface area contributed by atoms with Crippen molar-refractivity contribution in [3.63, 3.8) is 0 Å². The van der Waals surface area contributed by atoms with Crippen LogP contribution in [0.1, 0.15) is 51.9 Å². The van der Waals surface area contributed by atoms with Gasteiger partial charge in [-0.1, -0.05) is 29.4 Å². The maximum absolute atomic E-state index is 12.1.